The molecule has 2 heterocycles. The topological polar surface area (TPSA) is 89.1 Å². The Bertz CT molecular complexity index is 1640. The molecule has 37 heavy (non-hydrogen) atoms. The zero-order valence-corrected chi connectivity index (χ0v) is 21.1. The van der Waals surface area contributed by atoms with Crippen molar-refractivity contribution in [2.45, 2.75) is 33.2 Å². The van der Waals surface area contributed by atoms with E-state index in [1.807, 2.05) is 72.2 Å². The minimum atomic E-state index is -0.528. The summed E-state index contributed by atoms with van der Waals surface area (Å²) in [6.45, 7) is 4.73. The van der Waals surface area contributed by atoms with E-state index in [2.05, 4.69) is 17.2 Å². The van der Waals surface area contributed by atoms with Gasteiger partial charge in [-0.15, -0.1) is 10.2 Å². The Morgan fingerprint density at radius 2 is 1.84 bits per heavy atom. The highest BCUT2D eigenvalue weighted by atomic mass is 16.5. The molecule has 0 aliphatic heterocycles. The second-order valence-corrected chi connectivity index (χ2v) is 9.01. The number of rotatable bonds is 7. The number of benzene rings is 3. The highest BCUT2D eigenvalue weighted by Gasteiger charge is 2.19. The number of aromatic hydroxyl groups is 1. The van der Waals surface area contributed by atoms with E-state index in [-0.39, 0.29) is 5.88 Å². The molecular weight excluding hydrogens is 464 g/mol. The molecule has 1 N–H and O–H groups in total. The van der Waals surface area contributed by atoms with Crippen LogP contribution in [0.25, 0.3) is 33.1 Å². The molecule has 1 amide bonds. The number of carbonyl (C=O) groups is 1. The van der Waals surface area contributed by atoms with Crippen LogP contribution in [0.1, 0.15) is 35.7 Å². The number of carbonyl (C=O) groups excluding carboxylic acids is 1. The van der Waals surface area contributed by atoms with E-state index in [1.54, 1.807) is 19.2 Å². The predicted molar refractivity (Wildman–Crippen MR) is 146 cm³/mol. The molecule has 0 aliphatic carbocycles. The molecule has 0 spiro atoms. The van der Waals surface area contributed by atoms with E-state index < -0.39 is 5.91 Å². The van der Waals surface area contributed by atoms with Crippen molar-refractivity contribution in [2.24, 2.45) is 10.2 Å². The second kappa shape index (κ2) is 10.2. The van der Waals surface area contributed by atoms with Gasteiger partial charge in [-0.2, -0.15) is 0 Å². The van der Waals surface area contributed by atoms with Crippen molar-refractivity contribution < 1.29 is 14.6 Å². The van der Waals surface area contributed by atoms with Crippen LogP contribution in [-0.4, -0.2) is 27.7 Å². The van der Waals surface area contributed by atoms with Crippen molar-refractivity contribution in [1.29, 1.82) is 0 Å². The summed E-state index contributed by atoms with van der Waals surface area (Å²) >= 11 is 0. The number of unbranched alkanes of at least 4 members (excludes halogenated alkanes) is 1. The van der Waals surface area contributed by atoms with Crippen LogP contribution in [0.2, 0.25) is 0 Å². The maximum Gasteiger partial charge on any atom is 0.296 e. The molecule has 7 nitrogen and oxygen atoms in total. The summed E-state index contributed by atoms with van der Waals surface area (Å²) in [5.74, 6) is 0.0936. The van der Waals surface area contributed by atoms with Gasteiger partial charge >= 0.3 is 0 Å². The summed E-state index contributed by atoms with van der Waals surface area (Å²) in [7, 11) is 1.58. The lowest BCUT2D eigenvalue weighted by Gasteiger charge is -2.09. The first-order valence-electron chi connectivity index (χ1n) is 12.3. The number of azo groups is 1. The van der Waals surface area contributed by atoms with Crippen molar-refractivity contribution in [3.8, 4) is 22.9 Å². The van der Waals surface area contributed by atoms with Gasteiger partial charge in [-0.1, -0.05) is 55.3 Å². The number of aromatic nitrogens is 2. The van der Waals surface area contributed by atoms with Crippen LogP contribution in [0.4, 0.5) is 5.69 Å². The van der Waals surface area contributed by atoms with E-state index in [9.17, 15) is 9.90 Å². The zero-order chi connectivity index (χ0) is 25.9. The van der Waals surface area contributed by atoms with Gasteiger partial charge in [0.25, 0.3) is 5.91 Å². The normalized spacial score (nSPS) is 11.5. The maximum absolute atomic E-state index is 13.5. The number of pyridine rings is 1. The van der Waals surface area contributed by atoms with E-state index in [0.29, 0.717) is 40.1 Å². The van der Waals surface area contributed by atoms with Crippen molar-refractivity contribution in [1.82, 2.24) is 9.55 Å². The van der Waals surface area contributed by atoms with Gasteiger partial charge in [-0.3, -0.25) is 4.79 Å². The average molecular weight is 493 g/mol. The highest BCUT2D eigenvalue weighted by Crippen LogP contribution is 2.40. The van der Waals surface area contributed by atoms with Gasteiger partial charge in [0, 0.05) is 22.9 Å². The number of nitrogens with zero attached hydrogens (tertiary/aromatic N) is 4. The largest absolute Gasteiger partial charge is 0.497 e. The van der Waals surface area contributed by atoms with Gasteiger partial charge in [0.15, 0.2) is 5.69 Å². The number of methoxy groups -OCH3 is 1. The molecule has 3 aromatic carbocycles. The minimum Gasteiger partial charge on any atom is -0.497 e. The Morgan fingerprint density at radius 1 is 1.03 bits per heavy atom. The summed E-state index contributed by atoms with van der Waals surface area (Å²) in [4.78, 5) is 18.2. The van der Waals surface area contributed by atoms with Gasteiger partial charge in [-0.05, 0) is 49.7 Å². The van der Waals surface area contributed by atoms with Gasteiger partial charge in [-0.25, -0.2) is 4.98 Å². The van der Waals surface area contributed by atoms with E-state index in [1.165, 1.54) is 0 Å². The quantitative estimate of drug-likeness (QED) is 0.237. The minimum absolute atomic E-state index is 0.0110. The van der Waals surface area contributed by atoms with Gasteiger partial charge in [0.1, 0.15) is 5.75 Å². The fourth-order valence-corrected chi connectivity index (χ4v) is 4.49. The Kier molecular flexibility index (Phi) is 6.68. The highest BCUT2D eigenvalue weighted by molar-refractivity contribution is 6.08. The third-order valence-electron chi connectivity index (χ3n) is 6.46. The monoisotopic (exact) mass is 492 g/mol. The molecule has 0 unspecified atom stereocenters. The number of fused-ring (bicyclic) bond motifs is 2. The molecule has 0 fully saturated rings. The average Bonchev–Trinajstić information content (AvgIpc) is 3.19. The molecule has 0 saturated heterocycles. The van der Waals surface area contributed by atoms with Crippen LogP contribution in [0.3, 0.4) is 0 Å². The molecule has 0 atom stereocenters. The number of ether oxygens (including phenoxy) is 1. The molecule has 0 radical (unpaired) electrons. The van der Waals surface area contributed by atoms with E-state index in [0.717, 1.165) is 34.9 Å². The van der Waals surface area contributed by atoms with Gasteiger partial charge in [0.2, 0.25) is 5.88 Å². The third kappa shape index (κ3) is 4.68. The predicted octanol–water partition coefficient (Wildman–Crippen LogP) is 7.60. The molecule has 186 valence electrons. The SMILES string of the molecule is CCCCn1c(O)c(N=NC(=O)c2cc(-c3ccccc3)nc3ccc(OC)cc23)c2cc(C)ccc21. The van der Waals surface area contributed by atoms with Crippen LogP contribution < -0.4 is 4.74 Å². The summed E-state index contributed by atoms with van der Waals surface area (Å²) in [5.41, 5.74) is 4.74. The van der Waals surface area contributed by atoms with Crippen LogP contribution in [-0.2, 0) is 6.54 Å². The number of aryl methyl sites for hydroxylation is 2. The summed E-state index contributed by atoms with van der Waals surface area (Å²) < 4.78 is 7.21. The van der Waals surface area contributed by atoms with Gasteiger partial charge < -0.3 is 14.4 Å². The van der Waals surface area contributed by atoms with Crippen LogP contribution in [0.5, 0.6) is 11.6 Å². The van der Waals surface area contributed by atoms with E-state index in [4.69, 9.17) is 9.72 Å². The molecule has 5 rings (SSSR count). The lowest BCUT2D eigenvalue weighted by Crippen LogP contribution is -1.99. The molecular formula is C30H28N4O3. The first-order valence-corrected chi connectivity index (χ1v) is 12.3. The Hall–Kier alpha value is -4.52. The van der Waals surface area contributed by atoms with Crippen LogP contribution >= 0.6 is 0 Å². The molecule has 2 aromatic heterocycles. The lowest BCUT2D eigenvalue weighted by atomic mass is 10.0. The van der Waals surface area contributed by atoms with Crippen molar-refractivity contribution in [2.75, 3.05) is 7.11 Å². The Labute approximate surface area is 215 Å². The summed E-state index contributed by atoms with van der Waals surface area (Å²) in [6, 6.07) is 22.7. The molecule has 0 saturated carbocycles. The molecule has 0 bridgehead atoms. The molecule has 5 aromatic rings. The Balaban J connectivity index is 1.62. The first kappa shape index (κ1) is 24.2. The van der Waals surface area contributed by atoms with Crippen LogP contribution in [0, 0.1) is 6.92 Å². The van der Waals surface area contributed by atoms with E-state index >= 15 is 0 Å². The second-order valence-electron chi connectivity index (χ2n) is 9.01. The van der Waals surface area contributed by atoms with Crippen LogP contribution in [0.15, 0.2) is 83.0 Å². The third-order valence-corrected chi connectivity index (χ3v) is 6.46. The van der Waals surface area contributed by atoms with Crippen molar-refractivity contribution >= 4 is 33.4 Å². The maximum atomic E-state index is 13.5. The fraction of sp³-hybridized carbons (Fsp3) is 0.200. The lowest BCUT2D eigenvalue weighted by molar-refractivity contribution is 0.0996. The summed E-state index contributed by atoms with van der Waals surface area (Å²) in [5, 5.41) is 20.8. The number of amides is 1. The van der Waals surface area contributed by atoms with Crippen molar-refractivity contribution in [3.63, 3.8) is 0 Å². The number of hydrogen-bond acceptors (Lipinski definition) is 5. The van der Waals surface area contributed by atoms with Crippen molar-refractivity contribution in [3.05, 3.63) is 83.9 Å². The standard InChI is InChI=1S/C30H28N4O3/c1-4-5-15-34-27-14-11-19(2)16-24(27)28(30(34)36)32-33-29(35)23-18-26(20-9-7-6-8-10-20)31-25-13-12-21(37-3)17-22(23)25/h6-14,16-18,36H,4-5,15H2,1-3H3. The smallest absolute Gasteiger partial charge is 0.296 e. The first-order chi connectivity index (χ1) is 18.0. The summed E-state index contributed by atoms with van der Waals surface area (Å²) in [6.07, 6.45) is 1.90. The number of hydrogen-bond donors (Lipinski definition) is 1. The fourth-order valence-electron chi connectivity index (χ4n) is 4.49. The Morgan fingerprint density at radius 3 is 2.59 bits per heavy atom. The zero-order valence-electron chi connectivity index (χ0n) is 21.1. The van der Waals surface area contributed by atoms with Gasteiger partial charge in [0.05, 0.1) is 29.4 Å². The molecule has 0 aliphatic rings. The molecule has 7 heteroatoms.